The molecule has 0 amide bonds. The second-order valence-electron chi connectivity index (χ2n) is 4.14. The molecule has 0 aliphatic rings. The third kappa shape index (κ3) is 1.70. The number of benzene rings is 2. The molecule has 1 heterocycles. The van der Waals surface area contributed by atoms with Crippen molar-refractivity contribution in [3.8, 4) is 5.69 Å². The van der Waals surface area contributed by atoms with E-state index in [2.05, 4.69) is 4.98 Å². The van der Waals surface area contributed by atoms with Crippen LogP contribution < -0.4 is 5.73 Å². The van der Waals surface area contributed by atoms with Gasteiger partial charge in [-0.25, -0.2) is 22.5 Å². The first kappa shape index (κ1) is 12.5. The number of imidazole rings is 1. The van der Waals surface area contributed by atoms with Crippen LogP contribution in [0.15, 0.2) is 30.3 Å². The van der Waals surface area contributed by atoms with E-state index in [1.165, 1.54) is 18.2 Å². The predicted octanol–water partition coefficient (Wildman–Crippen LogP) is 3.16. The van der Waals surface area contributed by atoms with Crippen molar-refractivity contribution in [1.29, 1.82) is 0 Å². The van der Waals surface area contributed by atoms with Gasteiger partial charge in [0, 0.05) is 12.1 Å². The molecule has 2 N–H and O–H groups in total. The van der Waals surface area contributed by atoms with Gasteiger partial charge in [0.15, 0.2) is 23.3 Å². The highest BCUT2D eigenvalue weighted by atomic mass is 19.2. The Kier molecular flexibility index (Phi) is 2.63. The minimum Gasteiger partial charge on any atom is -0.369 e. The summed E-state index contributed by atoms with van der Waals surface area (Å²) in [7, 11) is 0. The summed E-state index contributed by atoms with van der Waals surface area (Å²) in [5, 5.41) is 0. The zero-order valence-electron chi connectivity index (χ0n) is 9.87. The first-order chi connectivity index (χ1) is 9.49. The molecule has 3 nitrogen and oxygen atoms in total. The maximum absolute atomic E-state index is 13.6. The third-order valence-electron chi connectivity index (χ3n) is 2.89. The molecular weight excluding hydrogens is 274 g/mol. The van der Waals surface area contributed by atoms with E-state index in [-0.39, 0.29) is 22.7 Å². The summed E-state index contributed by atoms with van der Waals surface area (Å²) < 4.78 is 54.2. The highest BCUT2D eigenvalue weighted by Gasteiger charge is 2.17. The molecule has 0 fully saturated rings. The van der Waals surface area contributed by atoms with Gasteiger partial charge < -0.3 is 5.73 Å². The van der Waals surface area contributed by atoms with E-state index in [1.54, 1.807) is 0 Å². The molecule has 0 spiro atoms. The first-order valence-electron chi connectivity index (χ1n) is 5.56. The molecule has 0 aliphatic heterocycles. The van der Waals surface area contributed by atoms with Gasteiger partial charge in [0.25, 0.3) is 0 Å². The van der Waals surface area contributed by atoms with Crippen molar-refractivity contribution in [2.24, 2.45) is 0 Å². The van der Waals surface area contributed by atoms with Crippen molar-refractivity contribution in [3.05, 3.63) is 53.6 Å². The molecule has 2 aromatic carbocycles. The largest absolute Gasteiger partial charge is 0.369 e. The van der Waals surface area contributed by atoms with Crippen LogP contribution in [0.2, 0.25) is 0 Å². The van der Waals surface area contributed by atoms with E-state index in [9.17, 15) is 17.6 Å². The van der Waals surface area contributed by atoms with Crippen molar-refractivity contribution in [2.45, 2.75) is 0 Å². The van der Waals surface area contributed by atoms with Crippen LogP contribution in [-0.4, -0.2) is 9.55 Å². The number of aromatic nitrogens is 2. The lowest BCUT2D eigenvalue weighted by atomic mass is 10.2. The van der Waals surface area contributed by atoms with E-state index in [1.807, 2.05) is 0 Å². The Morgan fingerprint density at radius 2 is 1.60 bits per heavy atom. The Labute approximate surface area is 110 Å². The fourth-order valence-electron chi connectivity index (χ4n) is 2.03. The SMILES string of the molecule is Nc1nc2c(F)cccc2n1-c1cc(F)c(F)c(F)c1. The topological polar surface area (TPSA) is 43.8 Å². The van der Waals surface area contributed by atoms with Crippen molar-refractivity contribution in [2.75, 3.05) is 5.73 Å². The molecule has 0 bridgehead atoms. The molecule has 102 valence electrons. The molecule has 0 aliphatic carbocycles. The molecule has 3 aromatic rings. The van der Waals surface area contributed by atoms with Gasteiger partial charge in [-0.3, -0.25) is 4.57 Å². The fourth-order valence-corrected chi connectivity index (χ4v) is 2.03. The lowest BCUT2D eigenvalue weighted by Crippen LogP contribution is -2.03. The second-order valence-corrected chi connectivity index (χ2v) is 4.14. The number of para-hydroxylation sites is 1. The van der Waals surface area contributed by atoms with Crippen molar-refractivity contribution in [3.63, 3.8) is 0 Å². The molecule has 0 atom stereocenters. The van der Waals surface area contributed by atoms with Crippen LogP contribution in [0.5, 0.6) is 0 Å². The van der Waals surface area contributed by atoms with Crippen molar-refractivity contribution in [1.82, 2.24) is 9.55 Å². The zero-order chi connectivity index (χ0) is 14.4. The van der Waals surface area contributed by atoms with E-state index < -0.39 is 23.3 Å². The van der Waals surface area contributed by atoms with Crippen LogP contribution in [0.25, 0.3) is 16.7 Å². The van der Waals surface area contributed by atoms with Gasteiger partial charge >= 0.3 is 0 Å². The van der Waals surface area contributed by atoms with Gasteiger partial charge in [-0.2, -0.15) is 0 Å². The van der Waals surface area contributed by atoms with E-state index in [0.29, 0.717) is 0 Å². The number of anilines is 1. The van der Waals surface area contributed by atoms with Crippen molar-refractivity contribution < 1.29 is 17.6 Å². The van der Waals surface area contributed by atoms with Crippen LogP contribution in [0.3, 0.4) is 0 Å². The van der Waals surface area contributed by atoms with Gasteiger partial charge in [-0.15, -0.1) is 0 Å². The number of fused-ring (bicyclic) bond motifs is 1. The number of nitrogens with two attached hydrogens (primary N) is 1. The van der Waals surface area contributed by atoms with E-state index in [0.717, 1.165) is 16.7 Å². The summed E-state index contributed by atoms with van der Waals surface area (Å²) in [6, 6.07) is 5.61. The normalized spacial score (nSPS) is 11.2. The maximum atomic E-state index is 13.6. The molecule has 1 aromatic heterocycles. The molecule has 7 heteroatoms. The van der Waals surface area contributed by atoms with Gasteiger partial charge in [0.1, 0.15) is 5.52 Å². The molecule has 0 unspecified atom stereocenters. The summed E-state index contributed by atoms with van der Waals surface area (Å²) in [4.78, 5) is 3.80. The fraction of sp³-hybridized carbons (Fsp3) is 0. The predicted molar refractivity (Wildman–Crippen MR) is 65.3 cm³/mol. The van der Waals surface area contributed by atoms with Gasteiger partial charge in [0.05, 0.1) is 11.2 Å². The first-order valence-corrected chi connectivity index (χ1v) is 5.56. The summed E-state index contributed by atoms with van der Waals surface area (Å²) >= 11 is 0. The number of hydrogen-bond donors (Lipinski definition) is 1. The minimum atomic E-state index is -1.58. The summed E-state index contributed by atoms with van der Waals surface area (Å²) in [5.74, 6) is -5.08. The number of hydrogen-bond acceptors (Lipinski definition) is 2. The Morgan fingerprint density at radius 3 is 2.25 bits per heavy atom. The minimum absolute atomic E-state index is 0.0323. The quantitative estimate of drug-likeness (QED) is 0.550. The highest BCUT2D eigenvalue weighted by molar-refractivity contribution is 5.81. The number of halogens is 4. The van der Waals surface area contributed by atoms with Gasteiger partial charge in [0.2, 0.25) is 5.95 Å². The lowest BCUT2D eigenvalue weighted by molar-refractivity contribution is 0.446. The summed E-state index contributed by atoms with van der Waals surface area (Å²) in [6.07, 6.45) is 0. The Hall–Kier alpha value is -2.57. The summed E-state index contributed by atoms with van der Waals surface area (Å²) in [6.45, 7) is 0. The number of rotatable bonds is 1. The van der Waals surface area contributed by atoms with E-state index in [4.69, 9.17) is 5.73 Å². The van der Waals surface area contributed by atoms with Crippen LogP contribution >= 0.6 is 0 Å². The molecule has 3 rings (SSSR count). The van der Waals surface area contributed by atoms with Crippen LogP contribution in [0.4, 0.5) is 23.5 Å². The standard InChI is InChI=1S/C13H7F4N3/c14-7-2-1-3-10-12(7)19-13(18)20(10)6-4-8(15)11(17)9(16)5-6/h1-5H,(H2,18,19). The second kappa shape index (κ2) is 4.22. The average molecular weight is 281 g/mol. The molecule has 0 radical (unpaired) electrons. The van der Waals surface area contributed by atoms with Crippen LogP contribution in [0, 0.1) is 23.3 Å². The maximum Gasteiger partial charge on any atom is 0.206 e. The monoisotopic (exact) mass is 281 g/mol. The summed E-state index contributed by atoms with van der Waals surface area (Å²) in [5.41, 5.74) is 5.76. The van der Waals surface area contributed by atoms with E-state index >= 15 is 0 Å². The molecule has 0 saturated carbocycles. The van der Waals surface area contributed by atoms with Crippen LogP contribution in [-0.2, 0) is 0 Å². The smallest absolute Gasteiger partial charge is 0.206 e. The number of nitrogens with zero attached hydrogens (tertiary/aromatic N) is 2. The third-order valence-corrected chi connectivity index (χ3v) is 2.89. The van der Waals surface area contributed by atoms with Gasteiger partial charge in [-0.1, -0.05) is 6.07 Å². The Bertz CT molecular complexity index is 803. The highest BCUT2D eigenvalue weighted by Crippen LogP contribution is 2.26. The molecular formula is C13H7F4N3. The van der Waals surface area contributed by atoms with Gasteiger partial charge in [-0.05, 0) is 12.1 Å². The lowest BCUT2D eigenvalue weighted by Gasteiger charge is -2.07. The van der Waals surface area contributed by atoms with Crippen molar-refractivity contribution >= 4 is 17.0 Å². The average Bonchev–Trinajstić information content (AvgIpc) is 2.73. The van der Waals surface area contributed by atoms with Crippen LogP contribution in [0.1, 0.15) is 0 Å². The molecule has 20 heavy (non-hydrogen) atoms. The molecule has 0 saturated heterocycles. The zero-order valence-corrected chi connectivity index (χ0v) is 9.87. The number of nitrogen functional groups attached to an aromatic ring is 1. The Morgan fingerprint density at radius 1 is 0.950 bits per heavy atom. The Balaban J connectivity index is 2.35.